The SMILES string of the molecule is Cc1ccn2nc([C@H](C)Nc3ncnc4[nH]cc(-c5ccn(CCO)n5)c34)n(-c3ccccc3)c(=O)c12. The molecule has 37 heavy (non-hydrogen) atoms. The summed E-state index contributed by atoms with van der Waals surface area (Å²) in [6, 6.07) is 12.9. The van der Waals surface area contributed by atoms with Crippen molar-refractivity contribution in [2.45, 2.75) is 26.4 Å². The minimum atomic E-state index is -0.396. The van der Waals surface area contributed by atoms with Gasteiger partial charge in [-0.25, -0.2) is 14.5 Å². The van der Waals surface area contributed by atoms with Crippen molar-refractivity contribution < 1.29 is 5.11 Å². The monoisotopic (exact) mass is 495 g/mol. The van der Waals surface area contributed by atoms with Crippen molar-refractivity contribution >= 4 is 22.4 Å². The van der Waals surface area contributed by atoms with Crippen molar-refractivity contribution in [2.24, 2.45) is 0 Å². The van der Waals surface area contributed by atoms with E-state index in [-0.39, 0.29) is 12.2 Å². The molecule has 6 aromatic rings. The molecule has 0 unspecified atom stereocenters. The molecule has 0 aliphatic rings. The Labute approximate surface area is 211 Å². The van der Waals surface area contributed by atoms with Gasteiger partial charge in [-0.3, -0.25) is 14.0 Å². The Morgan fingerprint density at radius 1 is 1.08 bits per heavy atom. The smallest absolute Gasteiger partial charge is 0.282 e. The molecule has 3 N–H and O–H groups in total. The highest BCUT2D eigenvalue weighted by Crippen LogP contribution is 2.32. The van der Waals surface area contributed by atoms with E-state index in [1.807, 2.05) is 68.7 Å². The van der Waals surface area contributed by atoms with E-state index in [0.717, 1.165) is 27.9 Å². The summed E-state index contributed by atoms with van der Waals surface area (Å²) >= 11 is 0. The van der Waals surface area contributed by atoms with Crippen LogP contribution in [0.5, 0.6) is 0 Å². The van der Waals surface area contributed by atoms with Crippen molar-refractivity contribution in [3.63, 3.8) is 0 Å². The number of hydrogen-bond acceptors (Lipinski definition) is 7. The number of hydrogen-bond donors (Lipinski definition) is 3. The fourth-order valence-electron chi connectivity index (χ4n) is 4.61. The molecule has 0 aliphatic carbocycles. The summed E-state index contributed by atoms with van der Waals surface area (Å²) in [5.74, 6) is 1.12. The third-order valence-corrected chi connectivity index (χ3v) is 6.38. The maximum Gasteiger partial charge on any atom is 0.282 e. The number of nitrogens with one attached hydrogen (secondary N) is 2. The van der Waals surface area contributed by atoms with Gasteiger partial charge < -0.3 is 15.4 Å². The van der Waals surface area contributed by atoms with E-state index in [1.165, 1.54) is 6.33 Å². The molecule has 0 fully saturated rings. The van der Waals surface area contributed by atoms with Gasteiger partial charge in [0.15, 0.2) is 5.82 Å². The Bertz CT molecular complexity index is 1780. The van der Waals surface area contributed by atoms with E-state index in [4.69, 9.17) is 5.10 Å². The molecule has 186 valence electrons. The number of benzene rings is 1. The molecule has 1 aromatic carbocycles. The molecule has 0 radical (unpaired) electrons. The van der Waals surface area contributed by atoms with Gasteiger partial charge in [-0.2, -0.15) is 10.2 Å². The summed E-state index contributed by atoms with van der Waals surface area (Å²) in [7, 11) is 0. The molecular weight excluding hydrogens is 470 g/mol. The summed E-state index contributed by atoms with van der Waals surface area (Å²) in [6.45, 7) is 4.26. The summed E-state index contributed by atoms with van der Waals surface area (Å²) in [5, 5.41) is 22.9. The molecule has 5 aromatic heterocycles. The lowest BCUT2D eigenvalue weighted by Crippen LogP contribution is -2.29. The molecule has 0 saturated carbocycles. The van der Waals surface area contributed by atoms with Gasteiger partial charge in [0.1, 0.15) is 23.3 Å². The first kappa shape index (κ1) is 22.7. The van der Waals surface area contributed by atoms with Crippen LogP contribution in [-0.2, 0) is 6.54 Å². The second kappa shape index (κ2) is 9.03. The minimum absolute atomic E-state index is 0.00379. The first-order chi connectivity index (χ1) is 18.0. The highest BCUT2D eigenvalue weighted by molar-refractivity contribution is 6.00. The predicted octanol–water partition coefficient (Wildman–Crippen LogP) is 3.09. The van der Waals surface area contributed by atoms with Crippen LogP contribution in [0.15, 0.2) is 72.2 Å². The number of H-pyrrole nitrogens is 1. The zero-order valence-corrected chi connectivity index (χ0v) is 20.3. The number of nitrogens with zero attached hydrogens (tertiary/aromatic N) is 7. The number of fused-ring (bicyclic) bond motifs is 2. The Kier molecular flexibility index (Phi) is 5.53. The normalized spacial score (nSPS) is 12.4. The van der Waals surface area contributed by atoms with Gasteiger partial charge >= 0.3 is 0 Å². The van der Waals surface area contributed by atoms with Gasteiger partial charge in [0.05, 0.1) is 36.0 Å². The Hall–Kier alpha value is -4.77. The number of rotatable bonds is 7. The number of anilines is 1. The molecule has 6 rings (SSSR count). The highest BCUT2D eigenvalue weighted by atomic mass is 16.3. The summed E-state index contributed by atoms with van der Waals surface area (Å²) in [5.41, 5.74) is 4.20. The number of aryl methyl sites for hydroxylation is 1. The molecule has 11 heteroatoms. The first-order valence-corrected chi connectivity index (χ1v) is 11.9. The zero-order chi connectivity index (χ0) is 25.5. The van der Waals surface area contributed by atoms with Gasteiger partial charge in [0.2, 0.25) is 0 Å². The Morgan fingerprint density at radius 3 is 2.73 bits per heavy atom. The summed E-state index contributed by atoms with van der Waals surface area (Å²) < 4.78 is 4.97. The van der Waals surface area contributed by atoms with Crippen LogP contribution in [0.2, 0.25) is 0 Å². The number of aromatic nitrogens is 8. The summed E-state index contributed by atoms with van der Waals surface area (Å²) in [6.07, 6.45) is 6.94. The van der Waals surface area contributed by atoms with Crippen LogP contribution < -0.4 is 10.9 Å². The third kappa shape index (κ3) is 3.85. The first-order valence-electron chi connectivity index (χ1n) is 11.9. The molecule has 0 saturated heterocycles. The second-order valence-corrected chi connectivity index (χ2v) is 8.83. The maximum atomic E-state index is 13.7. The second-order valence-electron chi connectivity index (χ2n) is 8.83. The molecular formula is C26H25N9O2. The molecule has 1 atom stereocenters. The van der Waals surface area contributed by atoms with Crippen molar-refractivity contribution in [1.82, 2.24) is 38.9 Å². The quantitative estimate of drug-likeness (QED) is 0.310. The van der Waals surface area contributed by atoms with Gasteiger partial charge in [0, 0.05) is 24.2 Å². The van der Waals surface area contributed by atoms with E-state index in [2.05, 4.69) is 25.4 Å². The van der Waals surface area contributed by atoms with Crippen LogP contribution in [0.4, 0.5) is 5.82 Å². The molecule has 0 aliphatic heterocycles. The lowest BCUT2D eigenvalue weighted by Gasteiger charge is -2.20. The minimum Gasteiger partial charge on any atom is -0.394 e. The van der Waals surface area contributed by atoms with E-state index in [0.29, 0.717) is 29.4 Å². The van der Waals surface area contributed by atoms with Crippen LogP contribution in [0.1, 0.15) is 24.4 Å². The van der Waals surface area contributed by atoms with Crippen molar-refractivity contribution in [1.29, 1.82) is 0 Å². The van der Waals surface area contributed by atoms with Gasteiger partial charge in [0.25, 0.3) is 5.56 Å². The zero-order valence-electron chi connectivity index (χ0n) is 20.3. The largest absolute Gasteiger partial charge is 0.394 e. The van der Waals surface area contributed by atoms with E-state index < -0.39 is 6.04 Å². The fourth-order valence-corrected chi connectivity index (χ4v) is 4.61. The predicted molar refractivity (Wildman–Crippen MR) is 140 cm³/mol. The van der Waals surface area contributed by atoms with Gasteiger partial charge in [-0.15, -0.1) is 0 Å². The van der Waals surface area contributed by atoms with Crippen LogP contribution in [0, 0.1) is 6.92 Å². The molecule has 0 bridgehead atoms. The van der Waals surface area contributed by atoms with Crippen LogP contribution in [-0.4, -0.2) is 50.6 Å². The van der Waals surface area contributed by atoms with Gasteiger partial charge in [-0.1, -0.05) is 18.2 Å². The molecule has 0 amide bonds. The standard InChI is InChI=1S/C26H25N9O2/c1-16-8-11-34-22(16)26(37)35(18-6-4-3-5-7-18)25(32-34)17(2)30-24-21-19(14-27-23(21)28-15-29-24)20-9-10-33(31-20)12-13-36/h3-11,14-15,17,36H,12-13H2,1-2H3,(H2,27,28,29,30)/t17-/m0/s1. The molecule has 5 heterocycles. The third-order valence-electron chi connectivity index (χ3n) is 6.38. The van der Waals surface area contributed by atoms with E-state index in [1.54, 1.807) is 20.0 Å². The van der Waals surface area contributed by atoms with Crippen LogP contribution in [0.25, 0.3) is 33.5 Å². The Morgan fingerprint density at radius 2 is 1.92 bits per heavy atom. The summed E-state index contributed by atoms with van der Waals surface area (Å²) in [4.78, 5) is 25.8. The lowest BCUT2D eigenvalue weighted by atomic mass is 10.1. The van der Waals surface area contributed by atoms with Crippen LogP contribution >= 0.6 is 0 Å². The number of aliphatic hydroxyl groups is 1. The average molecular weight is 496 g/mol. The fraction of sp³-hybridized carbons (Fsp3) is 0.192. The number of aromatic amines is 1. The molecule has 11 nitrogen and oxygen atoms in total. The van der Waals surface area contributed by atoms with E-state index >= 15 is 0 Å². The Balaban J connectivity index is 1.47. The van der Waals surface area contributed by atoms with E-state index in [9.17, 15) is 9.90 Å². The average Bonchev–Trinajstić information content (AvgIpc) is 3.64. The number of para-hydroxylation sites is 1. The molecule has 0 spiro atoms. The maximum absolute atomic E-state index is 13.7. The van der Waals surface area contributed by atoms with Crippen molar-refractivity contribution in [3.05, 3.63) is 89.1 Å². The van der Waals surface area contributed by atoms with Crippen molar-refractivity contribution in [2.75, 3.05) is 11.9 Å². The highest BCUT2D eigenvalue weighted by Gasteiger charge is 2.22. The van der Waals surface area contributed by atoms with Crippen LogP contribution in [0.3, 0.4) is 0 Å². The lowest BCUT2D eigenvalue weighted by molar-refractivity contribution is 0.269. The number of aliphatic hydroxyl groups excluding tert-OH is 1. The van der Waals surface area contributed by atoms with Gasteiger partial charge in [-0.05, 0) is 43.7 Å². The topological polar surface area (TPSA) is 131 Å². The van der Waals surface area contributed by atoms with Crippen molar-refractivity contribution in [3.8, 4) is 16.9 Å².